The number of aliphatic carboxylic acids is 1. The Bertz CT molecular complexity index is 380. The third-order valence-corrected chi connectivity index (χ3v) is 2.09. The number of aliphatic hydroxyl groups is 1. The molecule has 0 radical (unpaired) electrons. The summed E-state index contributed by atoms with van der Waals surface area (Å²) in [6.45, 7) is 2.03. The predicted octanol–water partition coefficient (Wildman–Crippen LogP) is 1.63. The Morgan fingerprint density at radius 3 is 2.80 bits per heavy atom. The molecule has 0 saturated heterocycles. The Labute approximate surface area is 88.7 Å². The first kappa shape index (κ1) is 11.5. The predicted molar refractivity (Wildman–Crippen MR) is 58.6 cm³/mol. The van der Waals surface area contributed by atoms with E-state index in [0.29, 0.717) is 6.42 Å². The van der Waals surface area contributed by atoms with Gasteiger partial charge in [-0.1, -0.05) is 23.8 Å². The normalized spacial score (nSPS) is 10.8. The summed E-state index contributed by atoms with van der Waals surface area (Å²) in [6.07, 6.45) is 3.19. The summed E-state index contributed by atoms with van der Waals surface area (Å²) in [7, 11) is 0. The van der Waals surface area contributed by atoms with Crippen LogP contribution in [0.1, 0.15) is 16.7 Å². The van der Waals surface area contributed by atoms with Crippen LogP contribution < -0.4 is 0 Å². The van der Waals surface area contributed by atoms with Gasteiger partial charge in [-0.2, -0.15) is 0 Å². The van der Waals surface area contributed by atoms with Crippen molar-refractivity contribution in [2.24, 2.45) is 0 Å². The van der Waals surface area contributed by atoms with Crippen LogP contribution in [0, 0.1) is 6.92 Å². The van der Waals surface area contributed by atoms with Gasteiger partial charge in [-0.25, -0.2) is 4.79 Å². The molecule has 0 heterocycles. The number of benzene rings is 1. The molecule has 0 amide bonds. The molecule has 1 aromatic rings. The van der Waals surface area contributed by atoms with Crippen molar-refractivity contribution in [3.63, 3.8) is 0 Å². The monoisotopic (exact) mass is 206 g/mol. The molecule has 0 aliphatic heterocycles. The van der Waals surface area contributed by atoms with Gasteiger partial charge in [-0.05, 0) is 30.5 Å². The van der Waals surface area contributed by atoms with Crippen molar-refractivity contribution in [1.29, 1.82) is 0 Å². The quantitative estimate of drug-likeness (QED) is 0.736. The van der Waals surface area contributed by atoms with Crippen molar-refractivity contribution in [2.45, 2.75) is 13.3 Å². The van der Waals surface area contributed by atoms with E-state index in [1.807, 2.05) is 25.1 Å². The van der Waals surface area contributed by atoms with Crippen LogP contribution >= 0.6 is 0 Å². The first-order valence-corrected chi connectivity index (χ1v) is 4.75. The number of hydrogen-bond acceptors (Lipinski definition) is 2. The fourth-order valence-electron chi connectivity index (χ4n) is 1.40. The second kappa shape index (κ2) is 5.32. The Balaban J connectivity index is 3.00. The fraction of sp³-hybridized carbons (Fsp3) is 0.250. The Morgan fingerprint density at radius 1 is 1.47 bits per heavy atom. The minimum absolute atomic E-state index is 0.0668. The summed E-state index contributed by atoms with van der Waals surface area (Å²) in [5.41, 5.74) is 2.91. The van der Waals surface area contributed by atoms with E-state index >= 15 is 0 Å². The highest BCUT2D eigenvalue weighted by molar-refractivity contribution is 5.85. The van der Waals surface area contributed by atoms with Crippen LogP contribution in [-0.2, 0) is 11.2 Å². The van der Waals surface area contributed by atoms with E-state index < -0.39 is 5.97 Å². The van der Waals surface area contributed by atoms with Gasteiger partial charge < -0.3 is 10.2 Å². The van der Waals surface area contributed by atoms with Crippen LogP contribution in [0.4, 0.5) is 0 Å². The van der Waals surface area contributed by atoms with Gasteiger partial charge in [0.25, 0.3) is 0 Å². The summed E-state index contributed by atoms with van der Waals surface area (Å²) < 4.78 is 0. The van der Waals surface area contributed by atoms with Crippen molar-refractivity contribution in [3.05, 3.63) is 41.0 Å². The molecular weight excluding hydrogens is 192 g/mol. The van der Waals surface area contributed by atoms with Crippen molar-refractivity contribution in [1.82, 2.24) is 0 Å². The van der Waals surface area contributed by atoms with Gasteiger partial charge >= 0.3 is 5.97 Å². The van der Waals surface area contributed by atoms with Crippen molar-refractivity contribution >= 4 is 12.0 Å². The number of rotatable bonds is 4. The van der Waals surface area contributed by atoms with Gasteiger partial charge in [0.15, 0.2) is 0 Å². The maximum atomic E-state index is 10.4. The highest BCUT2D eigenvalue weighted by atomic mass is 16.4. The number of aryl methyl sites for hydroxylation is 1. The van der Waals surface area contributed by atoms with Crippen LogP contribution in [-0.4, -0.2) is 22.8 Å². The highest BCUT2D eigenvalue weighted by Crippen LogP contribution is 2.14. The molecular formula is C12H14O3. The summed E-state index contributed by atoms with van der Waals surface area (Å²) in [5, 5.41) is 17.4. The summed E-state index contributed by atoms with van der Waals surface area (Å²) in [4.78, 5) is 10.4. The second-order valence-corrected chi connectivity index (χ2v) is 3.35. The lowest BCUT2D eigenvalue weighted by Gasteiger charge is -2.05. The summed E-state index contributed by atoms with van der Waals surface area (Å²) >= 11 is 0. The molecule has 1 aromatic carbocycles. The van der Waals surface area contributed by atoms with E-state index in [1.54, 1.807) is 6.08 Å². The first-order chi connectivity index (χ1) is 7.13. The Morgan fingerprint density at radius 2 is 2.20 bits per heavy atom. The zero-order chi connectivity index (χ0) is 11.3. The van der Waals surface area contributed by atoms with E-state index in [9.17, 15) is 4.79 Å². The van der Waals surface area contributed by atoms with E-state index in [1.165, 1.54) is 0 Å². The van der Waals surface area contributed by atoms with E-state index in [0.717, 1.165) is 22.8 Å². The fourth-order valence-corrected chi connectivity index (χ4v) is 1.40. The largest absolute Gasteiger partial charge is 0.478 e. The lowest BCUT2D eigenvalue weighted by molar-refractivity contribution is -0.131. The lowest BCUT2D eigenvalue weighted by Crippen LogP contribution is -1.95. The van der Waals surface area contributed by atoms with Crippen molar-refractivity contribution in [2.75, 3.05) is 6.61 Å². The molecule has 0 unspecified atom stereocenters. The molecule has 2 N–H and O–H groups in total. The standard InChI is InChI=1S/C12H14O3/c1-9-2-3-10(4-5-12(14)15)11(8-9)6-7-13/h2-5,8,13H,6-7H2,1H3,(H,14,15). The maximum absolute atomic E-state index is 10.4. The van der Waals surface area contributed by atoms with E-state index in [4.69, 9.17) is 10.2 Å². The minimum Gasteiger partial charge on any atom is -0.478 e. The number of carbonyl (C=O) groups is 1. The van der Waals surface area contributed by atoms with Gasteiger partial charge in [-0.3, -0.25) is 0 Å². The molecule has 1 rings (SSSR count). The Kier molecular flexibility index (Phi) is 4.06. The van der Waals surface area contributed by atoms with Crippen molar-refractivity contribution in [3.8, 4) is 0 Å². The topological polar surface area (TPSA) is 57.5 Å². The summed E-state index contributed by atoms with van der Waals surface area (Å²) in [6, 6.07) is 5.74. The van der Waals surface area contributed by atoms with E-state index in [2.05, 4.69) is 0 Å². The number of carboxylic acid groups (broad SMARTS) is 1. The smallest absolute Gasteiger partial charge is 0.328 e. The van der Waals surface area contributed by atoms with Crippen LogP contribution in [0.3, 0.4) is 0 Å². The average molecular weight is 206 g/mol. The van der Waals surface area contributed by atoms with Crippen LogP contribution in [0.2, 0.25) is 0 Å². The zero-order valence-corrected chi connectivity index (χ0v) is 8.60. The van der Waals surface area contributed by atoms with E-state index in [-0.39, 0.29) is 6.61 Å². The molecule has 0 aliphatic rings. The molecule has 0 bridgehead atoms. The molecule has 0 aromatic heterocycles. The molecule has 0 fully saturated rings. The Hall–Kier alpha value is -1.61. The number of aliphatic hydroxyl groups excluding tert-OH is 1. The molecule has 3 nitrogen and oxygen atoms in total. The lowest BCUT2D eigenvalue weighted by atomic mass is 10.0. The summed E-state index contributed by atoms with van der Waals surface area (Å²) in [5.74, 6) is -0.967. The van der Waals surface area contributed by atoms with Gasteiger partial charge in [0, 0.05) is 12.7 Å². The highest BCUT2D eigenvalue weighted by Gasteiger charge is 2.00. The van der Waals surface area contributed by atoms with Crippen LogP contribution in [0.25, 0.3) is 6.08 Å². The molecule has 80 valence electrons. The zero-order valence-electron chi connectivity index (χ0n) is 8.60. The van der Waals surface area contributed by atoms with Gasteiger partial charge in [0.1, 0.15) is 0 Å². The van der Waals surface area contributed by atoms with Crippen molar-refractivity contribution < 1.29 is 15.0 Å². The molecule has 0 aliphatic carbocycles. The molecule has 3 heteroatoms. The average Bonchev–Trinajstić information content (AvgIpc) is 2.17. The minimum atomic E-state index is -0.967. The maximum Gasteiger partial charge on any atom is 0.328 e. The third kappa shape index (κ3) is 3.56. The molecule has 0 spiro atoms. The van der Waals surface area contributed by atoms with Gasteiger partial charge in [0.05, 0.1) is 0 Å². The van der Waals surface area contributed by atoms with Gasteiger partial charge in [-0.15, -0.1) is 0 Å². The van der Waals surface area contributed by atoms with Crippen LogP contribution in [0.5, 0.6) is 0 Å². The molecule has 0 atom stereocenters. The molecule has 15 heavy (non-hydrogen) atoms. The third-order valence-electron chi connectivity index (χ3n) is 2.09. The van der Waals surface area contributed by atoms with Crippen LogP contribution in [0.15, 0.2) is 24.3 Å². The first-order valence-electron chi connectivity index (χ1n) is 4.75. The SMILES string of the molecule is Cc1ccc(C=CC(=O)O)c(CCO)c1. The second-order valence-electron chi connectivity index (χ2n) is 3.35. The van der Waals surface area contributed by atoms with Gasteiger partial charge in [0.2, 0.25) is 0 Å². The number of hydrogen-bond donors (Lipinski definition) is 2. The molecule has 0 saturated carbocycles. The number of carboxylic acids is 1.